The van der Waals surface area contributed by atoms with Gasteiger partial charge in [0.1, 0.15) is 11.6 Å². The monoisotopic (exact) mass is 462 g/mol. The maximum absolute atomic E-state index is 12.9. The number of ketones is 1. The number of carbonyl (C=O) groups excluding carboxylic acids is 2. The number of nitrogens with zero attached hydrogens (tertiary/aromatic N) is 3. The van der Waals surface area contributed by atoms with Gasteiger partial charge in [0.25, 0.3) is 0 Å². The minimum Gasteiger partial charge on any atom is -0.326 e. The van der Waals surface area contributed by atoms with Crippen LogP contribution in [-0.2, 0) is 18.3 Å². The molecule has 1 N–H and O–H groups in total. The highest BCUT2D eigenvalue weighted by Gasteiger charge is 2.15. The lowest BCUT2D eigenvalue weighted by Crippen LogP contribution is -2.17. The minimum atomic E-state index is -0.370. The molecule has 0 atom stereocenters. The molecule has 144 valence electrons. The summed E-state index contributed by atoms with van der Waals surface area (Å²) in [5.74, 6) is 0.0135. The largest absolute Gasteiger partial charge is 0.326 e. The first-order valence-electron chi connectivity index (χ1n) is 8.27. The quantitative estimate of drug-likeness (QED) is 0.425. The van der Waals surface area contributed by atoms with Crippen molar-refractivity contribution in [2.75, 3.05) is 11.1 Å². The number of thioether (sulfide) groups is 1. The number of aromatic nitrogens is 3. The third-order valence-electron chi connectivity index (χ3n) is 3.87. The number of halogens is 2. The van der Waals surface area contributed by atoms with Gasteiger partial charge in [-0.05, 0) is 36.4 Å². The third kappa shape index (κ3) is 5.26. The van der Waals surface area contributed by atoms with E-state index in [1.165, 1.54) is 36.0 Å². The van der Waals surface area contributed by atoms with Crippen LogP contribution in [0.1, 0.15) is 16.2 Å². The molecule has 2 aromatic carbocycles. The molecular formula is C19H16BrFN4O2S. The second kappa shape index (κ2) is 9.11. The highest BCUT2D eigenvalue weighted by atomic mass is 79.9. The predicted molar refractivity (Wildman–Crippen MR) is 109 cm³/mol. The van der Waals surface area contributed by atoms with Gasteiger partial charge in [-0.1, -0.05) is 39.8 Å². The number of nitrogens with one attached hydrogen (secondary N) is 1. The number of anilines is 1. The fraction of sp³-hybridized carbons (Fsp3) is 0.158. The maximum atomic E-state index is 12.9. The van der Waals surface area contributed by atoms with Crippen LogP contribution in [-0.4, -0.2) is 32.2 Å². The van der Waals surface area contributed by atoms with E-state index in [1.54, 1.807) is 23.7 Å². The standard InChI is InChI=1S/C19H16BrFN4O2S/c1-25-17(10-18(27)22-15-8-6-14(21)7-9-15)23-24-19(25)28-11-16(26)12-2-4-13(20)5-3-12/h2-9H,10-11H2,1H3,(H,22,27). The number of rotatable bonds is 7. The van der Waals surface area contributed by atoms with Crippen molar-refractivity contribution in [1.82, 2.24) is 14.8 Å². The Morgan fingerprint density at radius 1 is 1.11 bits per heavy atom. The van der Waals surface area contributed by atoms with Gasteiger partial charge < -0.3 is 9.88 Å². The third-order valence-corrected chi connectivity index (χ3v) is 5.42. The highest BCUT2D eigenvalue weighted by molar-refractivity contribution is 9.10. The summed E-state index contributed by atoms with van der Waals surface area (Å²) < 4.78 is 15.5. The van der Waals surface area contributed by atoms with Crippen molar-refractivity contribution in [3.63, 3.8) is 0 Å². The molecule has 0 saturated carbocycles. The Labute approximate surface area is 173 Å². The molecule has 0 fully saturated rings. The number of hydrogen-bond donors (Lipinski definition) is 1. The molecule has 9 heteroatoms. The van der Waals surface area contributed by atoms with Crippen LogP contribution in [0.15, 0.2) is 58.2 Å². The van der Waals surface area contributed by atoms with Crippen LogP contribution in [0.2, 0.25) is 0 Å². The molecule has 1 aromatic heterocycles. The highest BCUT2D eigenvalue weighted by Crippen LogP contribution is 2.19. The van der Waals surface area contributed by atoms with Crippen LogP contribution in [0, 0.1) is 5.82 Å². The van der Waals surface area contributed by atoms with E-state index in [-0.39, 0.29) is 29.7 Å². The lowest BCUT2D eigenvalue weighted by molar-refractivity contribution is -0.115. The molecule has 0 bridgehead atoms. The summed E-state index contributed by atoms with van der Waals surface area (Å²) in [6, 6.07) is 12.7. The SMILES string of the molecule is Cn1c(CC(=O)Nc2ccc(F)cc2)nnc1SCC(=O)c1ccc(Br)cc1. The summed E-state index contributed by atoms with van der Waals surface area (Å²) in [6.07, 6.45) is 0.0160. The van der Waals surface area contributed by atoms with E-state index in [0.717, 1.165) is 4.47 Å². The Kier molecular flexibility index (Phi) is 6.58. The van der Waals surface area contributed by atoms with Crippen LogP contribution in [0.3, 0.4) is 0 Å². The van der Waals surface area contributed by atoms with Gasteiger partial charge in [0.2, 0.25) is 5.91 Å². The molecule has 0 spiro atoms. The molecule has 0 saturated heterocycles. The summed E-state index contributed by atoms with van der Waals surface area (Å²) in [6.45, 7) is 0. The second-order valence-corrected chi connectivity index (χ2v) is 7.77. The first-order chi connectivity index (χ1) is 13.4. The molecule has 0 unspecified atom stereocenters. The number of Topliss-reactive ketones (excluding diaryl/α,β-unsaturated/α-hetero) is 1. The number of hydrogen-bond acceptors (Lipinski definition) is 5. The molecule has 0 aliphatic heterocycles. The van der Waals surface area contributed by atoms with E-state index in [0.29, 0.717) is 22.2 Å². The molecule has 6 nitrogen and oxygen atoms in total. The van der Waals surface area contributed by atoms with E-state index in [2.05, 4.69) is 31.4 Å². The molecule has 0 radical (unpaired) electrons. The van der Waals surface area contributed by atoms with E-state index in [1.807, 2.05) is 12.1 Å². The van der Waals surface area contributed by atoms with Crippen molar-refractivity contribution in [3.8, 4) is 0 Å². The molecule has 1 heterocycles. The Bertz CT molecular complexity index is 990. The fourth-order valence-electron chi connectivity index (χ4n) is 2.36. The average molecular weight is 463 g/mol. The number of amides is 1. The predicted octanol–water partition coefficient (Wildman–Crippen LogP) is 3.87. The van der Waals surface area contributed by atoms with E-state index in [9.17, 15) is 14.0 Å². The molecular weight excluding hydrogens is 447 g/mol. The lowest BCUT2D eigenvalue weighted by atomic mass is 10.2. The van der Waals surface area contributed by atoms with Gasteiger partial charge in [-0.3, -0.25) is 9.59 Å². The Morgan fingerprint density at radius 3 is 2.46 bits per heavy atom. The Hall–Kier alpha value is -2.52. The van der Waals surface area contributed by atoms with Crippen LogP contribution in [0.25, 0.3) is 0 Å². The van der Waals surface area contributed by atoms with Crippen molar-refractivity contribution in [1.29, 1.82) is 0 Å². The van der Waals surface area contributed by atoms with E-state index in [4.69, 9.17) is 0 Å². The van der Waals surface area contributed by atoms with Gasteiger partial charge in [-0.15, -0.1) is 10.2 Å². The second-order valence-electron chi connectivity index (χ2n) is 5.91. The van der Waals surface area contributed by atoms with E-state index >= 15 is 0 Å². The van der Waals surface area contributed by atoms with Gasteiger partial charge >= 0.3 is 0 Å². The lowest BCUT2D eigenvalue weighted by Gasteiger charge is -2.06. The summed E-state index contributed by atoms with van der Waals surface area (Å²) in [5.41, 5.74) is 1.13. The molecule has 3 rings (SSSR count). The van der Waals surface area contributed by atoms with Gasteiger partial charge in [0.15, 0.2) is 10.9 Å². The summed E-state index contributed by atoms with van der Waals surface area (Å²) in [5, 5.41) is 11.3. The van der Waals surface area contributed by atoms with Gasteiger partial charge in [0, 0.05) is 22.8 Å². The van der Waals surface area contributed by atoms with Gasteiger partial charge in [-0.2, -0.15) is 0 Å². The Morgan fingerprint density at radius 2 is 1.79 bits per heavy atom. The topological polar surface area (TPSA) is 76.9 Å². The number of carbonyl (C=O) groups is 2. The zero-order valence-electron chi connectivity index (χ0n) is 14.9. The van der Waals surface area contributed by atoms with Crippen molar-refractivity contribution in [2.24, 2.45) is 7.05 Å². The van der Waals surface area contributed by atoms with Crippen LogP contribution in [0.5, 0.6) is 0 Å². The van der Waals surface area contributed by atoms with E-state index < -0.39 is 0 Å². The van der Waals surface area contributed by atoms with Crippen LogP contribution < -0.4 is 5.32 Å². The normalized spacial score (nSPS) is 10.7. The summed E-state index contributed by atoms with van der Waals surface area (Å²) in [4.78, 5) is 24.4. The van der Waals surface area contributed by atoms with Crippen LogP contribution in [0.4, 0.5) is 10.1 Å². The first kappa shape index (κ1) is 20.2. The number of benzene rings is 2. The zero-order valence-corrected chi connectivity index (χ0v) is 17.3. The van der Waals surface area contributed by atoms with Gasteiger partial charge in [0.05, 0.1) is 12.2 Å². The summed E-state index contributed by atoms with van der Waals surface area (Å²) >= 11 is 4.60. The fourth-order valence-corrected chi connectivity index (χ4v) is 3.44. The molecule has 0 aliphatic carbocycles. The van der Waals surface area contributed by atoms with Crippen molar-refractivity contribution < 1.29 is 14.0 Å². The van der Waals surface area contributed by atoms with Crippen molar-refractivity contribution >= 4 is 45.1 Å². The average Bonchev–Trinajstić information content (AvgIpc) is 3.02. The zero-order chi connectivity index (χ0) is 20.1. The molecule has 0 aliphatic rings. The van der Waals surface area contributed by atoms with Crippen molar-refractivity contribution in [3.05, 3.63) is 70.2 Å². The molecule has 1 amide bonds. The smallest absolute Gasteiger partial charge is 0.232 e. The minimum absolute atomic E-state index is 0.0160. The first-order valence-corrected chi connectivity index (χ1v) is 10.1. The Balaban J connectivity index is 1.57. The maximum Gasteiger partial charge on any atom is 0.232 e. The summed E-state index contributed by atoms with van der Waals surface area (Å²) in [7, 11) is 1.74. The van der Waals surface area contributed by atoms with Gasteiger partial charge in [-0.25, -0.2) is 4.39 Å². The van der Waals surface area contributed by atoms with Crippen molar-refractivity contribution in [2.45, 2.75) is 11.6 Å². The van der Waals surface area contributed by atoms with Crippen LogP contribution >= 0.6 is 27.7 Å². The molecule has 28 heavy (non-hydrogen) atoms. The molecule has 3 aromatic rings.